The van der Waals surface area contributed by atoms with Gasteiger partial charge >= 0.3 is 0 Å². The monoisotopic (exact) mass is 337 g/mol. The number of carbonyl (C=O) groups excluding carboxylic acids is 1. The lowest BCUT2D eigenvalue weighted by molar-refractivity contribution is -0.137. The molecule has 108 valence electrons. The SMILES string of the molecule is O=C(C1CCC1)N1CCCN(c2ncccc2Br)CC1. The Hall–Kier alpha value is -1.10. The Morgan fingerprint density at radius 2 is 2.05 bits per heavy atom. The Morgan fingerprint density at radius 1 is 1.20 bits per heavy atom. The van der Waals surface area contributed by atoms with Crippen LogP contribution < -0.4 is 4.90 Å². The van der Waals surface area contributed by atoms with Crippen LogP contribution in [-0.4, -0.2) is 42.0 Å². The maximum atomic E-state index is 12.3. The van der Waals surface area contributed by atoms with Crippen LogP contribution >= 0.6 is 15.9 Å². The molecule has 0 bridgehead atoms. The second-order valence-corrected chi connectivity index (χ2v) is 6.46. The fourth-order valence-corrected chi connectivity index (χ4v) is 3.38. The number of carbonyl (C=O) groups is 1. The van der Waals surface area contributed by atoms with E-state index in [1.165, 1.54) is 6.42 Å². The average Bonchev–Trinajstić information content (AvgIpc) is 2.63. The normalized spacial score (nSPS) is 20.4. The number of amides is 1. The second kappa shape index (κ2) is 6.12. The summed E-state index contributed by atoms with van der Waals surface area (Å²) in [4.78, 5) is 21.1. The van der Waals surface area contributed by atoms with Crippen LogP contribution in [0.3, 0.4) is 0 Å². The molecule has 1 saturated heterocycles. The van der Waals surface area contributed by atoms with Crippen LogP contribution in [-0.2, 0) is 4.79 Å². The topological polar surface area (TPSA) is 36.4 Å². The Balaban J connectivity index is 1.64. The van der Waals surface area contributed by atoms with E-state index in [1.54, 1.807) is 0 Å². The van der Waals surface area contributed by atoms with Gasteiger partial charge in [0.1, 0.15) is 5.82 Å². The van der Waals surface area contributed by atoms with Crippen molar-refractivity contribution in [3.05, 3.63) is 22.8 Å². The highest BCUT2D eigenvalue weighted by Gasteiger charge is 2.30. The van der Waals surface area contributed by atoms with Crippen molar-refractivity contribution >= 4 is 27.7 Å². The van der Waals surface area contributed by atoms with Crippen molar-refractivity contribution in [2.75, 3.05) is 31.1 Å². The van der Waals surface area contributed by atoms with E-state index < -0.39 is 0 Å². The summed E-state index contributed by atoms with van der Waals surface area (Å²) >= 11 is 3.56. The Morgan fingerprint density at radius 3 is 2.75 bits per heavy atom. The average molecular weight is 338 g/mol. The van der Waals surface area contributed by atoms with Gasteiger partial charge in [0, 0.05) is 38.3 Å². The maximum absolute atomic E-state index is 12.3. The molecule has 1 aliphatic heterocycles. The smallest absolute Gasteiger partial charge is 0.225 e. The van der Waals surface area contributed by atoms with E-state index in [-0.39, 0.29) is 0 Å². The molecule has 4 nitrogen and oxygen atoms in total. The summed E-state index contributed by atoms with van der Waals surface area (Å²) in [6.45, 7) is 3.53. The van der Waals surface area contributed by atoms with E-state index in [1.807, 2.05) is 18.3 Å². The first-order chi connectivity index (χ1) is 9.75. The zero-order valence-corrected chi connectivity index (χ0v) is 13.2. The zero-order chi connectivity index (χ0) is 13.9. The lowest BCUT2D eigenvalue weighted by Gasteiger charge is -2.31. The molecule has 0 atom stereocenters. The van der Waals surface area contributed by atoms with E-state index in [9.17, 15) is 4.79 Å². The number of hydrogen-bond acceptors (Lipinski definition) is 3. The van der Waals surface area contributed by atoms with E-state index >= 15 is 0 Å². The maximum Gasteiger partial charge on any atom is 0.225 e. The van der Waals surface area contributed by atoms with Gasteiger partial charge in [-0.15, -0.1) is 0 Å². The lowest BCUT2D eigenvalue weighted by atomic mass is 9.84. The number of nitrogens with zero attached hydrogens (tertiary/aromatic N) is 3. The molecule has 5 heteroatoms. The summed E-state index contributed by atoms with van der Waals surface area (Å²) in [5, 5.41) is 0. The fourth-order valence-electron chi connectivity index (χ4n) is 2.87. The molecule has 1 amide bonds. The number of rotatable bonds is 2. The molecule has 2 aliphatic rings. The second-order valence-electron chi connectivity index (χ2n) is 5.60. The molecule has 1 aliphatic carbocycles. The van der Waals surface area contributed by atoms with Crippen LogP contribution in [0.25, 0.3) is 0 Å². The highest BCUT2D eigenvalue weighted by atomic mass is 79.9. The Labute approximate surface area is 128 Å². The molecule has 1 aromatic rings. The summed E-state index contributed by atoms with van der Waals surface area (Å²) in [7, 11) is 0. The molecule has 0 spiro atoms. The third-order valence-corrected chi connectivity index (χ3v) is 4.92. The standard InChI is InChI=1S/C15H20BrN3O/c16-13-6-2-7-17-14(13)18-8-3-9-19(11-10-18)15(20)12-4-1-5-12/h2,6-7,12H,1,3-5,8-11H2. The van der Waals surface area contributed by atoms with E-state index in [4.69, 9.17) is 0 Å². The Kier molecular flexibility index (Phi) is 4.24. The summed E-state index contributed by atoms with van der Waals surface area (Å²) in [6, 6.07) is 3.95. The summed E-state index contributed by atoms with van der Waals surface area (Å²) in [5.41, 5.74) is 0. The van der Waals surface area contributed by atoms with Crippen molar-refractivity contribution in [1.82, 2.24) is 9.88 Å². The molecule has 20 heavy (non-hydrogen) atoms. The van der Waals surface area contributed by atoms with Crippen molar-refractivity contribution < 1.29 is 4.79 Å². The molecule has 0 radical (unpaired) electrons. The quantitative estimate of drug-likeness (QED) is 0.832. The largest absolute Gasteiger partial charge is 0.354 e. The predicted octanol–water partition coefficient (Wildman–Crippen LogP) is 2.68. The Bertz CT molecular complexity index is 490. The van der Waals surface area contributed by atoms with Crippen LogP contribution in [0.15, 0.2) is 22.8 Å². The molecule has 1 saturated carbocycles. The van der Waals surface area contributed by atoms with Crippen molar-refractivity contribution in [2.24, 2.45) is 5.92 Å². The minimum atomic E-state index is 0.308. The molecule has 1 aromatic heterocycles. The third kappa shape index (κ3) is 2.82. The third-order valence-electron chi connectivity index (χ3n) is 4.30. The minimum absolute atomic E-state index is 0.308. The van der Waals surface area contributed by atoms with Crippen LogP contribution in [0.4, 0.5) is 5.82 Å². The molecule has 0 N–H and O–H groups in total. The molecule has 0 aromatic carbocycles. The first-order valence-corrected chi connectivity index (χ1v) is 8.19. The lowest BCUT2D eigenvalue weighted by Crippen LogP contribution is -2.41. The van der Waals surface area contributed by atoms with Crippen LogP contribution in [0.2, 0.25) is 0 Å². The van der Waals surface area contributed by atoms with Gasteiger partial charge in [0.15, 0.2) is 0 Å². The van der Waals surface area contributed by atoms with Gasteiger partial charge in [-0.1, -0.05) is 6.42 Å². The number of halogens is 1. The summed E-state index contributed by atoms with van der Waals surface area (Å²) < 4.78 is 1.03. The first-order valence-electron chi connectivity index (χ1n) is 7.40. The predicted molar refractivity (Wildman–Crippen MR) is 82.7 cm³/mol. The first kappa shape index (κ1) is 13.9. The number of aromatic nitrogens is 1. The van der Waals surface area contributed by atoms with Gasteiger partial charge in [-0.3, -0.25) is 4.79 Å². The molecular weight excluding hydrogens is 318 g/mol. The van der Waals surface area contributed by atoms with Gasteiger partial charge < -0.3 is 9.80 Å². The number of pyridine rings is 1. The van der Waals surface area contributed by atoms with Gasteiger partial charge in [-0.2, -0.15) is 0 Å². The molecule has 2 heterocycles. The van der Waals surface area contributed by atoms with Gasteiger partial charge in [-0.05, 0) is 47.3 Å². The number of anilines is 1. The van der Waals surface area contributed by atoms with E-state index in [2.05, 4.69) is 30.7 Å². The van der Waals surface area contributed by atoms with E-state index in [0.717, 1.165) is 55.7 Å². The highest BCUT2D eigenvalue weighted by Crippen LogP contribution is 2.29. The van der Waals surface area contributed by atoms with Crippen LogP contribution in [0.1, 0.15) is 25.7 Å². The van der Waals surface area contributed by atoms with Gasteiger partial charge in [0.2, 0.25) is 5.91 Å². The van der Waals surface area contributed by atoms with E-state index in [0.29, 0.717) is 11.8 Å². The van der Waals surface area contributed by atoms with Crippen molar-refractivity contribution in [3.8, 4) is 0 Å². The molecule has 3 rings (SSSR count). The zero-order valence-electron chi connectivity index (χ0n) is 11.6. The van der Waals surface area contributed by atoms with Gasteiger partial charge in [0.05, 0.1) is 4.47 Å². The molecule has 0 unspecified atom stereocenters. The fraction of sp³-hybridized carbons (Fsp3) is 0.600. The van der Waals surface area contributed by atoms with Crippen molar-refractivity contribution in [3.63, 3.8) is 0 Å². The van der Waals surface area contributed by atoms with Gasteiger partial charge in [0.25, 0.3) is 0 Å². The molecule has 2 fully saturated rings. The number of hydrogen-bond donors (Lipinski definition) is 0. The van der Waals surface area contributed by atoms with Crippen LogP contribution in [0.5, 0.6) is 0 Å². The summed E-state index contributed by atoms with van der Waals surface area (Å²) in [6.07, 6.45) is 6.23. The minimum Gasteiger partial charge on any atom is -0.354 e. The highest BCUT2D eigenvalue weighted by molar-refractivity contribution is 9.10. The van der Waals surface area contributed by atoms with Crippen molar-refractivity contribution in [1.29, 1.82) is 0 Å². The summed E-state index contributed by atoms with van der Waals surface area (Å²) in [5.74, 6) is 1.67. The van der Waals surface area contributed by atoms with Crippen molar-refractivity contribution in [2.45, 2.75) is 25.7 Å². The van der Waals surface area contributed by atoms with Gasteiger partial charge in [-0.25, -0.2) is 4.98 Å². The molecular formula is C15H20BrN3O. The van der Waals surface area contributed by atoms with Crippen LogP contribution in [0, 0.1) is 5.92 Å².